The molecule has 0 bridgehead atoms. The van der Waals surface area contributed by atoms with Crippen LogP contribution in [0.4, 0.5) is 15.8 Å². The number of hydrogen-bond acceptors (Lipinski definition) is 3. The Bertz CT molecular complexity index is 412. The number of hydrogen-bond donors (Lipinski definition) is 2. The van der Waals surface area contributed by atoms with Gasteiger partial charge in [0.1, 0.15) is 5.82 Å². The minimum Gasteiger partial charge on any atom is -0.399 e. The van der Waals surface area contributed by atoms with Gasteiger partial charge in [-0.25, -0.2) is 4.39 Å². The predicted octanol–water partition coefficient (Wildman–Crippen LogP) is 2.48. The van der Waals surface area contributed by atoms with E-state index in [1.807, 2.05) is 13.0 Å². The first-order chi connectivity index (χ1) is 8.60. The Hall–Kier alpha value is -1.29. The number of nitrogens with one attached hydrogen (secondary N) is 1. The van der Waals surface area contributed by atoms with Gasteiger partial charge in [-0.05, 0) is 57.1 Å². The molecule has 1 aromatic carbocycles. The third-order valence-corrected chi connectivity index (χ3v) is 3.64. The second-order valence-electron chi connectivity index (χ2n) is 5.11. The molecule has 4 heteroatoms. The van der Waals surface area contributed by atoms with Gasteiger partial charge in [-0.3, -0.25) is 0 Å². The summed E-state index contributed by atoms with van der Waals surface area (Å²) in [6.07, 6.45) is 2.91. The molecule has 1 aromatic rings. The van der Waals surface area contributed by atoms with E-state index in [0.717, 1.165) is 37.9 Å². The van der Waals surface area contributed by atoms with Crippen molar-refractivity contribution in [3.63, 3.8) is 0 Å². The van der Waals surface area contributed by atoms with E-state index in [0.29, 0.717) is 17.4 Å². The van der Waals surface area contributed by atoms with Crippen LogP contribution in [0.3, 0.4) is 0 Å². The fourth-order valence-electron chi connectivity index (χ4n) is 2.48. The van der Waals surface area contributed by atoms with Gasteiger partial charge < -0.3 is 16.0 Å². The van der Waals surface area contributed by atoms with E-state index in [2.05, 4.69) is 17.3 Å². The lowest BCUT2D eigenvalue weighted by atomic mass is 10.0. The molecule has 0 aromatic heterocycles. The molecule has 3 N–H and O–H groups in total. The fourth-order valence-corrected chi connectivity index (χ4v) is 2.48. The van der Waals surface area contributed by atoms with Crippen LogP contribution < -0.4 is 11.1 Å². The Kier molecular flexibility index (Phi) is 4.07. The number of anilines is 2. The molecule has 1 aliphatic heterocycles. The zero-order valence-corrected chi connectivity index (χ0v) is 11.2. The third kappa shape index (κ3) is 2.93. The third-order valence-electron chi connectivity index (χ3n) is 3.64. The number of halogens is 1. The number of aryl methyl sites for hydroxylation is 1. The monoisotopic (exact) mass is 251 g/mol. The van der Waals surface area contributed by atoms with E-state index in [4.69, 9.17) is 5.73 Å². The first-order valence-electron chi connectivity index (χ1n) is 6.63. The normalized spacial score (nSPS) is 17.9. The molecule has 1 heterocycles. The maximum Gasteiger partial charge on any atom is 0.148 e. The first-order valence-corrected chi connectivity index (χ1v) is 6.63. The molecule has 1 saturated heterocycles. The largest absolute Gasteiger partial charge is 0.399 e. The summed E-state index contributed by atoms with van der Waals surface area (Å²) in [6, 6.07) is 3.63. The SMILES string of the molecule is CCc1cc(N)cc(F)c1NC1CCN(C)CC1. The van der Waals surface area contributed by atoms with Gasteiger partial charge in [0.15, 0.2) is 0 Å². The quantitative estimate of drug-likeness (QED) is 0.811. The zero-order chi connectivity index (χ0) is 13.1. The number of nitrogens with zero attached hydrogens (tertiary/aromatic N) is 1. The molecule has 0 unspecified atom stereocenters. The van der Waals surface area contributed by atoms with Gasteiger partial charge in [0.25, 0.3) is 0 Å². The van der Waals surface area contributed by atoms with Crippen molar-refractivity contribution in [3.05, 3.63) is 23.5 Å². The summed E-state index contributed by atoms with van der Waals surface area (Å²) in [5.74, 6) is -0.231. The average Bonchev–Trinajstić information content (AvgIpc) is 2.34. The smallest absolute Gasteiger partial charge is 0.148 e. The van der Waals surface area contributed by atoms with Crippen LogP contribution in [0.25, 0.3) is 0 Å². The van der Waals surface area contributed by atoms with Crippen LogP contribution in [0.2, 0.25) is 0 Å². The molecule has 0 radical (unpaired) electrons. The number of benzene rings is 1. The van der Waals surface area contributed by atoms with Crippen LogP contribution in [-0.2, 0) is 6.42 Å². The standard InChI is InChI=1S/C14H22FN3/c1-3-10-8-11(16)9-13(15)14(10)17-12-4-6-18(2)7-5-12/h8-9,12,17H,3-7,16H2,1-2H3. The van der Waals surface area contributed by atoms with Gasteiger partial charge >= 0.3 is 0 Å². The van der Waals surface area contributed by atoms with Crippen LogP contribution in [0.15, 0.2) is 12.1 Å². The van der Waals surface area contributed by atoms with Crippen LogP contribution in [0.1, 0.15) is 25.3 Å². The van der Waals surface area contributed by atoms with Crippen LogP contribution in [-0.4, -0.2) is 31.1 Å². The number of likely N-dealkylation sites (tertiary alicyclic amines) is 1. The highest BCUT2D eigenvalue weighted by atomic mass is 19.1. The molecular formula is C14H22FN3. The average molecular weight is 251 g/mol. The predicted molar refractivity (Wildman–Crippen MR) is 74.3 cm³/mol. The van der Waals surface area contributed by atoms with Crippen LogP contribution in [0.5, 0.6) is 0 Å². The zero-order valence-electron chi connectivity index (χ0n) is 11.2. The summed E-state index contributed by atoms with van der Waals surface area (Å²) in [7, 11) is 2.12. The van der Waals surface area contributed by atoms with Crippen LogP contribution >= 0.6 is 0 Å². The molecule has 3 nitrogen and oxygen atoms in total. The Labute approximate surface area is 108 Å². The van der Waals surface area contributed by atoms with Gasteiger partial charge in [-0.1, -0.05) is 6.92 Å². The van der Waals surface area contributed by atoms with Gasteiger partial charge in [0.05, 0.1) is 5.69 Å². The summed E-state index contributed by atoms with van der Waals surface area (Å²) >= 11 is 0. The molecule has 0 aliphatic carbocycles. The van der Waals surface area contributed by atoms with Crippen molar-refractivity contribution in [2.24, 2.45) is 0 Å². The molecule has 18 heavy (non-hydrogen) atoms. The number of nitrogen functional groups attached to an aromatic ring is 1. The molecule has 2 rings (SSSR count). The Morgan fingerprint density at radius 2 is 2.06 bits per heavy atom. The molecule has 100 valence electrons. The van der Waals surface area contributed by atoms with Crippen molar-refractivity contribution in [2.45, 2.75) is 32.2 Å². The van der Waals surface area contributed by atoms with E-state index < -0.39 is 0 Å². The summed E-state index contributed by atoms with van der Waals surface area (Å²) in [6.45, 7) is 4.15. The van der Waals surface area contributed by atoms with Gasteiger partial charge in [-0.15, -0.1) is 0 Å². The van der Waals surface area contributed by atoms with Gasteiger partial charge in [-0.2, -0.15) is 0 Å². The maximum absolute atomic E-state index is 14.0. The number of piperidine rings is 1. The summed E-state index contributed by atoms with van der Waals surface area (Å²) < 4.78 is 14.0. The lowest BCUT2D eigenvalue weighted by Gasteiger charge is -2.30. The van der Waals surface area contributed by atoms with E-state index in [1.165, 1.54) is 6.07 Å². The summed E-state index contributed by atoms with van der Waals surface area (Å²) in [5.41, 5.74) is 7.78. The van der Waals surface area contributed by atoms with Crippen LogP contribution in [0, 0.1) is 5.82 Å². The Morgan fingerprint density at radius 3 is 2.67 bits per heavy atom. The van der Waals surface area contributed by atoms with Crippen molar-refractivity contribution in [1.29, 1.82) is 0 Å². The number of rotatable bonds is 3. The molecule has 0 saturated carbocycles. The van der Waals surface area contributed by atoms with E-state index in [1.54, 1.807) is 0 Å². The molecule has 0 amide bonds. The second-order valence-corrected chi connectivity index (χ2v) is 5.11. The van der Waals surface area contributed by atoms with Crippen molar-refractivity contribution in [2.75, 3.05) is 31.2 Å². The maximum atomic E-state index is 14.0. The summed E-state index contributed by atoms with van der Waals surface area (Å²) in [5, 5.41) is 3.36. The lowest BCUT2D eigenvalue weighted by Crippen LogP contribution is -2.37. The Morgan fingerprint density at radius 1 is 1.39 bits per heavy atom. The highest BCUT2D eigenvalue weighted by Gasteiger charge is 2.19. The lowest BCUT2D eigenvalue weighted by molar-refractivity contribution is 0.263. The van der Waals surface area contributed by atoms with E-state index in [9.17, 15) is 4.39 Å². The number of nitrogens with two attached hydrogens (primary N) is 1. The van der Waals surface area contributed by atoms with Crippen molar-refractivity contribution in [3.8, 4) is 0 Å². The van der Waals surface area contributed by atoms with E-state index >= 15 is 0 Å². The first kappa shape index (κ1) is 13.1. The molecular weight excluding hydrogens is 229 g/mol. The fraction of sp³-hybridized carbons (Fsp3) is 0.571. The minimum absolute atomic E-state index is 0.231. The molecule has 1 aliphatic rings. The highest BCUT2D eigenvalue weighted by molar-refractivity contribution is 5.59. The van der Waals surface area contributed by atoms with Gasteiger partial charge in [0.2, 0.25) is 0 Å². The van der Waals surface area contributed by atoms with Crippen molar-refractivity contribution >= 4 is 11.4 Å². The summed E-state index contributed by atoms with van der Waals surface area (Å²) in [4.78, 5) is 2.30. The Balaban J connectivity index is 2.13. The molecule has 0 atom stereocenters. The highest BCUT2D eigenvalue weighted by Crippen LogP contribution is 2.26. The van der Waals surface area contributed by atoms with Gasteiger partial charge in [0, 0.05) is 11.7 Å². The molecule has 1 fully saturated rings. The van der Waals surface area contributed by atoms with E-state index in [-0.39, 0.29) is 5.82 Å². The molecule has 0 spiro atoms. The van der Waals surface area contributed by atoms with Crippen molar-refractivity contribution < 1.29 is 4.39 Å². The van der Waals surface area contributed by atoms with Crippen molar-refractivity contribution in [1.82, 2.24) is 4.90 Å². The second kappa shape index (κ2) is 5.57. The minimum atomic E-state index is -0.231. The topological polar surface area (TPSA) is 41.3 Å².